The van der Waals surface area contributed by atoms with E-state index in [1.54, 1.807) is 0 Å². The number of aryl methyl sites for hydroxylation is 1. The third kappa shape index (κ3) is 1.96. The highest BCUT2D eigenvalue weighted by molar-refractivity contribution is 6.33. The number of carboxylic acid groups (broad SMARTS) is 1. The van der Waals surface area contributed by atoms with Gasteiger partial charge in [0, 0.05) is 12.7 Å². The normalized spacial score (nSPS) is 10.1. The summed E-state index contributed by atoms with van der Waals surface area (Å²) in [6.45, 7) is 2.40. The van der Waals surface area contributed by atoms with Gasteiger partial charge in [0.25, 0.3) is 5.56 Å². The zero-order valence-electron chi connectivity index (χ0n) is 7.66. The van der Waals surface area contributed by atoms with E-state index in [1.165, 1.54) is 16.8 Å². The lowest BCUT2D eigenvalue weighted by Gasteiger charge is -2.05. The molecule has 0 fully saturated rings. The smallest absolute Gasteiger partial charge is 0.342 e. The molecule has 14 heavy (non-hydrogen) atoms. The summed E-state index contributed by atoms with van der Waals surface area (Å²) >= 11 is 5.60. The Morgan fingerprint density at radius 2 is 2.29 bits per heavy atom. The molecule has 0 unspecified atom stereocenters. The Hall–Kier alpha value is -1.29. The fourth-order valence-corrected chi connectivity index (χ4v) is 1.38. The van der Waals surface area contributed by atoms with Gasteiger partial charge in [-0.1, -0.05) is 18.5 Å². The lowest BCUT2D eigenvalue weighted by atomic mass is 10.2. The van der Waals surface area contributed by atoms with Crippen LogP contribution in [-0.2, 0) is 6.54 Å². The van der Waals surface area contributed by atoms with E-state index in [0.29, 0.717) is 6.54 Å². The lowest BCUT2D eigenvalue weighted by molar-refractivity contribution is 0.0694. The summed E-state index contributed by atoms with van der Waals surface area (Å²) in [5.74, 6) is -1.29. The minimum absolute atomic E-state index is 0.0187. The Morgan fingerprint density at radius 3 is 2.79 bits per heavy atom. The molecule has 1 aromatic rings. The van der Waals surface area contributed by atoms with Crippen LogP contribution >= 0.6 is 11.6 Å². The van der Waals surface area contributed by atoms with Crippen LogP contribution in [0.2, 0.25) is 5.02 Å². The zero-order chi connectivity index (χ0) is 10.7. The van der Waals surface area contributed by atoms with Gasteiger partial charge in [-0.05, 0) is 12.5 Å². The second kappa shape index (κ2) is 4.28. The quantitative estimate of drug-likeness (QED) is 0.834. The van der Waals surface area contributed by atoms with Gasteiger partial charge >= 0.3 is 5.97 Å². The number of halogens is 1. The molecule has 76 valence electrons. The number of hydrogen-bond acceptors (Lipinski definition) is 2. The van der Waals surface area contributed by atoms with Crippen LogP contribution in [0.15, 0.2) is 17.1 Å². The highest BCUT2D eigenvalue weighted by Crippen LogP contribution is 2.10. The lowest BCUT2D eigenvalue weighted by Crippen LogP contribution is -2.26. The molecular weight excluding hydrogens is 206 g/mol. The molecule has 5 heteroatoms. The number of aromatic nitrogens is 1. The predicted octanol–water partition coefficient (Wildman–Crippen LogP) is 1.61. The molecule has 0 radical (unpaired) electrons. The molecule has 0 saturated heterocycles. The second-order valence-electron chi connectivity index (χ2n) is 2.84. The van der Waals surface area contributed by atoms with Crippen LogP contribution in [0.25, 0.3) is 0 Å². The molecule has 0 saturated carbocycles. The summed E-state index contributed by atoms with van der Waals surface area (Å²) in [7, 11) is 0. The number of carbonyl (C=O) groups is 1. The second-order valence-corrected chi connectivity index (χ2v) is 3.25. The Kier molecular flexibility index (Phi) is 3.30. The Morgan fingerprint density at radius 1 is 1.64 bits per heavy atom. The Bertz CT molecular complexity index is 411. The van der Waals surface area contributed by atoms with E-state index < -0.39 is 11.5 Å². The van der Waals surface area contributed by atoms with Crippen LogP contribution in [0.5, 0.6) is 0 Å². The van der Waals surface area contributed by atoms with Crippen molar-refractivity contribution < 1.29 is 9.90 Å². The van der Waals surface area contributed by atoms with Crippen molar-refractivity contribution in [3.05, 3.63) is 33.2 Å². The third-order valence-electron chi connectivity index (χ3n) is 1.79. The number of pyridine rings is 1. The van der Waals surface area contributed by atoms with E-state index in [2.05, 4.69) is 0 Å². The standard InChI is InChI=1S/C9H10ClNO3/c1-2-4-11-5-3-6(10)7(8(11)12)9(13)14/h3,5H,2,4H2,1H3,(H,13,14). The van der Waals surface area contributed by atoms with E-state index in [9.17, 15) is 9.59 Å². The first-order valence-corrected chi connectivity index (χ1v) is 4.58. The molecule has 0 aliphatic heterocycles. The van der Waals surface area contributed by atoms with Gasteiger partial charge < -0.3 is 9.67 Å². The average Bonchev–Trinajstić information content (AvgIpc) is 2.10. The average molecular weight is 216 g/mol. The summed E-state index contributed by atoms with van der Waals surface area (Å²) in [6, 6.07) is 1.42. The van der Waals surface area contributed by atoms with Gasteiger partial charge in [-0.15, -0.1) is 0 Å². The molecule has 0 aliphatic carbocycles. The fourth-order valence-electron chi connectivity index (χ4n) is 1.16. The maximum Gasteiger partial charge on any atom is 0.342 e. The fraction of sp³-hybridized carbons (Fsp3) is 0.333. The maximum absolute atomic E-state index is 11.5. The van der Waals surface area contributed by atoms with Gasteiger partial charge in [0.15, 0.2) is 0 Å². The molecule has 0 amide bonds. The van der Waals surface area contributed by atoms with Gasteiger partial charge in [-0.3, -0.25) is 4.79 Å². The third-order valence-corrected chi connectivity index (χ3v) is 2.11. The molecule has 0 aliphatic rings. The minimum atomic E-state index is -1.29. The maximum atomic E-state index is 11.5. The summed E-state index contributed by atoms with van der Waals surface area (Å²) in [6.07, 6.45) is 2.27. The summed E-state index contributed by atoms with van der Waals surface area (Å²) in [4.78, 5) is 22.2. The Balaban J connectivity index is 3.34. The predicted molar refractivity (Wildman–Crippen MR) is 53.0 cm³/mol. The van der Waals surface area contributed by atoms with Crippen molar-refractivity contribution in [3.63, 3.8) is 0 Å². The van der Waals surface area contributed by atoms with Crippen molar-refractivity contribution >= 4 is 17.6 Å². The first-order valence-electron chi connectivity index (χ1n) is 4.20. The van der Waals surface area contributed by atoms with Gasteiger partial charge in [0.05, 0.1) is 5.02 Å². The molecule has 1 heterocycles. The van der Waals surface area contributed by atoms with Crippen molar-refractivity contribution in [3.8, 4) is 0 Å². The van der Waals surface area contributed by atoms with E-state index in [1.807, 2.05) is 6.92 Å². The summed E-state index contributed by atoms with van der Waals surface area (Å²) in [5.41, 5.74) is -0.908. The van der Waals surface area contributed by atoms with E-state index in [4.69, 9.17) is 16.7 Å². The van der Waals surface area contributed by atoms with Crippen molar-refractivity contribution in [1.29, 1.82) is 0 Å². The molecule has 0 atom stereocenters. The van der Waals surface area contributed by atoms with Crippen molar-refractivity contribution in [2.45, 2.75) is 19.9 Å². The highest BCUT2D eigenvalue weighted by Gasteiger charge is 2.14. The largest absolute Gasteiger partial charge is 0.477 e. The number of rotatable bonds is 3. The summed E-state index contributed by atoms with van der Waals surface area (Å²) < 4.78 is 1.34. The van der Waals surface area contributed by atoms with Crippen molar-refractivity contribution in [1.82, 2.24) is 4.57 Å². The van der Waals surface area contributed by atoms with Gasteiger partial charge in [-0.25, -0.2) is 4.79 Å². The monoisotopic (exact) mass is 215 g/mol. The first-order chi connectivity index (χ1) is 6.57. The molecule has 1 N–H and O–H groups in total. The topological polar surface area (TPSA) is 59.3 Å². The van der Waals surface area contributed by atoms with Crippen LogP contribution in [0, 0.1) is 0 Å². The van der Waals surface area contributed by atoms with Crippen molar-refractivity contribution in [2.24, 2.45) is 0 Å². The molecule has 0 aromatic carbocycles. The molecule has 4 nitrogen and oxygen atoms in total. The van der Waals surface area contributed by atoms with E-state index >= 15 is 0 Å². The number of carboxylic acids is 1. The van der Waals surface area contributed by atoms with Crippen LogP contribution in [0.4, 0.5) is 0 Å². The molecule has 1 aromatic heterocycles. The molecule has 1 rings (SSSR count). The van der Waals surface area contributed by atoms with Crippen LogP contribution < -0.4 is 5.56 Å². The molecular formula is C9H10ClNO3. The SMILES string of the molecule is CCCn1ccc(Cl)c(C(=O)O)c1=O. The van der Waals surface area contributed by atoms with Crippen molar-refractivity contribution in [2.75, 3.05) is 0 Å². The van der Waals surface area contributed by atoms with Crippen LogP contribution in [0.1, 0.15) is 23.7 Å². The summed E-state index contributed by atoms with van der Waals surface area (Å²) in [5, 5.41) is 8.72. The van der Waals surface area contributed by atoms with Gasteiger partial charge in [-0.2, -0.15) is 0 Å². The molecule has 0 bridgehead atoms. The zero-order valence-corrected chi connectivity index (χ0v) is 8.41. The number of hydrogen-bond donors (Lipinski definition) is 1. The highest BCUT2D eigenvalue weighted by atomic mass is 35.5. The van der Waals surface area contributed by atoms with E-state index in [-0.39, 0.29) is 10.6 Å². The van der Waals surface area contributed by atoms with E-state index in [0.717, 1.165) is 6.42 Å². The van der Waals surface area contributed by atoms with Crippen LogP contribution in [-0.4, -0.2) is 15.6 Å². The molecule has 0 spiro atoms. The van der Waals surface area contributed by atoms with Gasteiger partial charge in [0.2, 0.25) is 0 Å². The Labute approximate surface area is 85.7 Å². The number of nitrogens with zero attached hydrogens (tertiary/aromatic N) is 1. The first kappa shape index (κ1) is 10.8. The minimum Gasteiger partial charge on any atom is -0.477 e. The van der Waals surface area contributed by atoms with Gasteiger partial charge in [0.1, 0.15) is 5.56 Å². The number of aromatic carboxylic acids is 1. The van der Waals surface area contributed by atoms with Crippen LogP contribution in [0.3, 0.4) is 0 Å².